The van der Waals surface area contributed by atoms with Gasteiger partial charge in [0.25, 0.3) is 0 Å². The van der Waals surface area contributed by atoms with Crippen molar-refractivity contribution >= 4 is 13.7 Å². The van der Waals surface area contributed by atoms with Crippen molar-refractivity contribution in [1.29, 1.82) is 0 Å². The van der Waals surface area contributed by atoms with Crippen LogP contribution < -0.4 is 0 Å². The first-order valence-electron chi connectivity index (χ1n) is 6.16. The third kappa shape index (κ3) is 4.09. The van der Waals surface area contributed by atoms with E-state index in [0.717, 1.165) is 16.7 Å². The minimum absolute atomic E-state index is 0.369. The van der Waals surface area contributed by atoms with Gasteiger partial charge in [-0.1, -0.05) is 18.2 Å². The molecule has 3 nitrogen and oxygen atoms in total. The van der Waals surface area contributed by atoms with Crippen LogP contribution in [-0.4, -0.2) is 13.2 Å². The van der Waals surface area contributed by atoms with Crippen LogP contribution >= 0.6 is 7.60 Å². The zero-order valence-corrected chi connectivity index (χ0v) is 12.4. The largest absolute Gasteiger partial charge is 0.354 e. The van der Waals surface area contributed by atoms with E-state index < -0.39 is 7.60 Å². The standard InChI is InChI=1S/C14H21O3P/c1-5-16-18(15,17-6-2)11-10-14-12(3)8-7-9-13(14)4/h7-11H,5-6H2,1-4H3/b11-10+. The zero-order chi connectivity index (χ0) is 13.6. The van der Waals surface area contributed by atoms with Crippen LogP contribution in [0.15, 0.2) is 24.0 Å². The van der Waals surface area contributed by atoms with Crippen LogP contribution in [0.25, 0.3) is 6.08 Å². The number of benzene rings is 1. The van der Waals surface area contributed by atoms with E-state index in [2.05, 4.69) is 0 Å². The summed E-state index contributed by atoms with van der Waals surface area (Å²) in [4.78, 5) is 0. The lowest BCUT2D eigenvalue weighted by Gasteiger charge is -2.13. The lowest BCUT2D eigenvalue weighted by Crippen LogP contribution is -1.93. The van der Waals surface area contributed by atoms with E-state index >= 15 is 0 Å². The Morgan fingerprint density at radius 3 is 2.06 bits per heavy atom. The van der Waals surface area contributed by atoms with Crippen molar-refractivity contribution in [3.63, 3.8) is 0 Å². The number of rotatable bonds is 6. The molecule has 0 saturated carbocycles. The first-order chi connectivity index (χ1) is 8.52. The highest BCUT2D eigenvalue weighted by Gasteiger charge is 2.18. The number of hydrogen-bond acceptors (Lipinski definition) is 3. The predicted molar refractivity (Wildman–Crippen MR) is 75.8 cm³/mol. The molecule has 0 atom stereocenters. The average Bonchev–Trinajstić information content (AvgIpc) is 2.29. The minimum Gasteiger partial charge on any atom is -0.306 e. The Kier molecular flexibility index (Phi) is 5.80. The molecule has 0 unspecified atom stereocenters. The highest BCUT2D eigenvalue weighted by atomic mass is 31.2. The Labute approximate surface area is 109 Å². The van der Waals surface area contributed by atoms with Gasteiger partial charge in [-0.05, 0) is 50.5 Å². The van der Waals surface area contributed by atoms with Gasteiger partial charge in [-0.2, -0.15) is 0 Å². The Morgan fingerprint density at radius 2 is 1.61 bits per heavy atom. The Bertz CT molecular complexity index is 436. The van der Waals surface area contributed by atoms with Crippen LogP contribution in [0, 0.1) is 13.8 Å². The van der Waals surface area contributed by atoms with Crippen molar-refractivity contribution in [2.45, 2.75) is 27.7 Å². The van der Waals surface area contributed by atoms with Crippen LogP contribution in [0.1, 0.15) is 30.5 Å². The van der Waals surface area contributed by atoms with Crippen molar-refractivity contribution in [1.82, 2.24) is 0 Å². The molecule has 0 spiro atoms. The van der Waals surface area contributed by atoms with E-state index in [9.17, 15) is 4.57 Å². The van der Waals surface area contributed by atoms with E-state index in [1.54, 1.807) is 19.7 Å². The summed E-state index contributed by atoms with van der Waals surface area (Å²) in [6.45, 7) is 8.40. The first-order valence-corrected chi connectivity index (χ1v) is 7.78. The molecule has 0 saturated heterocycles. The van der Waals surface area contributed by atoms with Crippen LogP contribution in [0.5, 0.6) is 0 Å². The topological polar surface area (TPSA) is 35.5 Å². The molecular weight excluding hydrogens is 247 g/mol. The molecule has 4 heteroatoms. The van der Waals surface area contributed by atoms with Gasteiger partial charge in [0.2, 0.25) is 0 Å². The Hall–Kier alpha value is -0.890. The summed E-state index contributed by atoms with van der Waals surface area (Å²) in [5.41, 5.74) is 3.36. The Morgan fingerprint density at radius 1 is 1.11 bits per heavy atom. The van der Waals surface area contributed by atoms with E-state index in [0.29, 0.717) is 13.2 Å². The lowest BCUT2D eigenvalue weighted by molar-refractivity contribution is 0.229. The Balaban J connectivity index is 3.00. The van der Waals surface area contributed by atoms with Crippen LogP contribution in [-0.2, 0) is 13.6 Å². The quantitative estimate of drug-likeness (QED) is 0.710. The molecule has 1 aromatic rings. The van der Waals surface area contributed by atoms with Gasteiger partial charge in [0, 0.05) is 5.82 Å². The van der Waals surface area contributed by atoms with Gasteiger partial charge >= 0.3 is 7.60 Å². The van der Waals surface area contributed by atoms with E-state index in [4.69, 9.17) is 9.05 Å². The van der Waals surface area contributed by atoms with E-state index in [1.165, 1.54) is 0 Å². The van der Waals surface area contributed by atoms with Gasteiger partial charge in [-0.15, -0.1) is 0 Å². The van der Waals surface area contributed by atoms with E-state index in [-0.39, 0.29) is 0 Å². The summed E-state index contributed by atoms with van der Waals surface area (Å²) in [5, 5.41) is 0. The molecule has 1 aromatic carbocycles. The smallest absolute Gasteiger partial charge is 0.306 e. The summed E-state index contributed by atoms with van der Waals surface area (Å²) >= 11 is 0. The lowest BCUT2D eigenvalue weighted by atomic mass is 10.0. The molecule has 100 valence electrons. The summed E-state index contributed by atoms with van der Waals surface area (Å²) < 4.78 is 22.7. The van der Waals surface area contributed by atoms with Gasteiger partial charge in [0.05, 0.1) is 13.2 Å². The molecule has 0 aliphatic heterocycles. The van der Waals surface area contributed by atoms with Crippen molar-refractivity contribution < 1.29 is 13.6 Å². The molecule has 0 aliphatic carbocycles. The predicted octanol–water partition coefficient (Wildman–Crippen LogP) is 4.54. The second kappa shape index (κ2) is 6.89. The van der Waals surface area contributed by atoms with Gasteiger partial charge in [-0.25, -0.2) is 0 Å². The van der Waals surface area contributed by atoms with E-state index in [1.807, 2.05) is 38.1 Å². The van der Waals surface area contributed by atoms with Gasteiger partial charge in [0.1, 0.15) is 0 Å². The SMILES string of the molecule is CCOP(=O)(/C=C/c1c(C)cccc1C)OCC. The fourth-order valence-corrected chi connectivity index (χ4v) is 3.04. The molecule has 0 heterocycles. The molecule has 1 rings (SSSR count). The second-order valence-corrected chi connectivity index (χ2v) is 5.89. The monoisotopic (exact) mass is 268 g/mol. The number of aryl methyl sites for hydroxylation is 2. The molecule has 0 bridgehead atoms. The molecule has 0 radical (unpaired) electrons. The molecular formula is C14H21O3P. The zero-order valence-electron chi connectivity index (χ0n) is 11.5. The maximum atomic E-state index is 12.3. The highest BCUT2D eigenvalue weighted by molar-refractivity contribution is 7.57. The van der Waals surface area contributed by atoms with Crippen molar-refractivity contribution in [3.8, 4) is 0 Å². The third-order valence-corrected chi connectivity index (χ3v) is 4.33. The molecule has 0 aliphatic rings. The van der Waals surface area contributed by atoms with Crippen molar-refractivity contribution in [2.24, 2.45) is 0 Å². The maximum absolute atomic E-state index is 12.3. The molecule has 18 heavy (non-hydrogen) atoms. The fourth-order valence-electron chi connectivity index (χ4n) is 1.74. The summed E-state index contributed by atoms with van der Waals surface area (Å²) in [6, 6.07) is 6.06. The molecule has 0 aromatic heterocycles. The molecule has 0 fully saturated rings. The van der Waals surface area contributed by atoms with Crippen LogP contribution in [0.4, 0.5) is 0 Å². The third-order valence-electron chi connectivity index (χ3n) is 2.58. The first kappa shape index (κ1) is 15.2. The van der Waals surface area contributed by atoms with Crippen LogP contribution in [0.3, 0.4) is 0 Å². The summed E-state index contributed by atoms with van der Waals surface area (Å²) in [6.07, 6.45) is 1.83. The number of hydrogen-bond donors (Lipinski definition) is 0. The second-order valence-electron chi connectivity index (χ2n) is 4.00. The fraction of sp³-hybridized carbons (Fsp3) is 0.429. The molecule has 0 amide bonds. The normalized spacial score (nSPS) is 12.2. The summed E-state index contributed by atoms with van der Waals surface area (Å²) in [5.74, 6) is 1.55. The minimum atomic E-state index is -3.11. The van der Waals surface area contributed by atoms with Gasteiger partial charge in [-0.3, -0.25) is 4.57 Å². The van der Waals surface area contributed by atoms with Gasteiger partial charge < -0.3 is 9.05 Å². The highest BCUT2D eigenvalue weighted by Crippen LogP contribution is 2.50. The molecule has 0 N–H and O–H groups in total. The van der Waals surface area contributed by atoms with Crippen LogP contribution in [0.2, 0.25) is 0 Å². The van der Waals surface area contributed by atoms with Crippen molar-refractivity contribution in [2.75, 3.05) is 13.2 Å². The summed E-state index contributed by atoms with van der Waals surface area (Å²) in [7, 11) is -3.11. The maximum Gasteiger partial charge on any atom is 0.354 e. The average molecular weight is 268 g/mol. The van der Waals surface area contributed by atoms with Crippen molar-refractivity contribution in [3.05, 3.63) is 40.7 Å². The van der Waals surface area contributed by atoms with Gasteiger partial charge in [0.15, 0.2) is 0 Å².